The highest BCUT2D eigenvalue weighted by Gasteiger charge is 2.45. The van der Waals surface area contributed by atoms with Gasteiger partial charge in [-0.2, -0.15) is 0 Å². The van der Waals surface area contributed by atoms with E-state index in [2.05, 4.69) is 19.6 Å². The summed E-state index contributed by atoms with van der Waals surface area (Å²) >= 11 is 0. The van der Waals surface area contributed by atoms with Gasteiger partial charge in [0.25, 0.3) is 5.56 Å². The number of aliphatic hydroxyl groups is 1. The van der Waals surface area contributed by atoms with Crippen LogP contribution in [0.15, 0.2) is 29.1 Å². The molecule has 8 heteroatoms. The smallest absolute Gasteiger partial charge is 0.343 e. The number of carbonyl (C=O) groups excluding carboxylic acids is 1. The number of rotatable bonds is 2. The highest BCUT2D eigenvalue weighted by atomic mass is 28.3. The summed E-state index contributed by atoms with van der Waals surface area (Å²) < 4.78 is 6.85. The predicted octanol–water partition coefficient (Wildman–Crippen LogP) is 2.21. The molecule has 0 radical (unpaired) electrons. The number of aromatic nitrogens is 2. The topological polar surface area (TPSA) is 107 Å². The summed E-state index contributed by atoms with van der Waals surface area (Å²) in [6, 6.07) is 7.52. The van der Waals surface area contributed by atoms with Gasteiger partial charge in [0.05, 0.1) is 37.1 Å². The molecule has 0 amide bonds. The first-order valence-electron chi connectivity index (χ1n) is 10.5. The van der Waals surface area contributed by atoms with E-state index < -0.39 is 19.6 Å². The molecule has 0 spiro atoms. The Bertz CT molecular complexity index is 1360. The van der Waals surface area contributed by atoms with Crippen LogP contribution in [0.5, 0.6) is 0 Å². The number of cyclic esters (lactones) is 1. The molecule has 31 heavy (non-hydrogen) atoms. The van der Waals surface area contributed by atoms with Crippen LogP contribution in [0.2, 0.25) is 19.6 Å². The largest absolute Gasteiger partial charge is 0.458 e. The van der Waals surface area contributed by atoms with Crippen LogP contribution in [0.25, 0.3) is 22.3 Å². The molecule has 5 rings (SSSR count). The summed E-state index contributed by atoms with van der Waals surface area (Å²) in [4.78, 5) is 30.7. The minimum Gasteiger partial charge on any atom is -0.458 e. The van der Waals surface area contributed by atoms with Crippen LogP contribution in [0, 0.1) is 0 Å². The molecule has 0 aliphatic carbocycles. The number of benzene rings is 1. The molecular formula is C23H25N3O4Si. The van der Waals surface area contributed by atoms with E-state index in [4.69, 9.17) is 15.5 Å². The SMILES string of the molecule is CC[C@]1(O)C(=O)OCc2c1cc1n(c2=O)Cc2c-1nc1cc(N)ccc1c2[Si](C)(C)C. The summed E-state index contributed by atoms with van der Waals surface area (Å²) in [5.74, 6) is -0.716. The number of nitrogens with zero attached hydrogens (tertiary/aromatic N) is 2. The molecule has 7 nitrogen and oxygen atoms in total. The van der Waals surface area contributed by atoms with E-state index in [0.717, 1.165) is 22.2 Å². The van der Waals surface area contributed by atoms with Crippen molar-refractivity contribution in [2.75, 3.05) is 5.73 Å². The first-order valence-corrected chi connectivity index (χ1v) is 14.0. The number of nitrogens with two attached hydrogens (primary N) is 1. The maximum Gasteiger partial charge on any atom is 0.343 e. The fourth-order valence-electron chi connectivity index (χ4n) is 4.95. The second-order valence-electron chi connectivity index (χ2n) is 9.44. The Morgan fingerprint density at radius 2 is 1.97 bits per heavy atom. The van der Waals surface area contributed by atoms with E-state index in [9.17, 15) is 14.7 Å². The Morgan fingerprint density at radius 3 is 2.65 bits per heavy atom. The van der Waals surface area contributed by atoms with Crippen molar-refractivity contribution >= 4 is 35.8 Å². The van der Waals surface area contributed by atoms with Gasteiger partial charge in [0.1, 0.15) is 6.61 Å². The molecule has 0 unspecified atom stereocenters. The van der Waals surface area contributed by atoms with Crippen LogP contribution in [0.4, 0.5) is 5.69 Å². The summed E-state index contributed by atoms with van der Waals surface area (Å²) in [6.45, 7) is 8.82. The lowest BCUT2D eigenvalue weighted by Crippen LogP contribution is -2.44. The van der Waals surface area contributed by atoms with E-state index in [-0.39, 0.29) is 18.6 Å². The van der Waals surface area contributed by atoms with Gasteiger partial charge in [-0.05, 0) is 40.8 Å². The molecule has 3 N–H and O–H groups in total. The van der Waals surface area contributed by atoms with Crippen molar-refractivity contribution in [3.63, 3.8) is 0 Å². The quantitative estimate of drug-likeness (QED) is 0.284. The fourth-order valence-corrected chi connectivity index (χ4v) is 7.08. The number of pyridine rings is 2. The van der Waals surface area contributed by atoms with Crippen molar-refractivity contribution in [3.05, 3.63) is 51.3 Å². The lowest BCUT2D eigenvalue weighted by Gasteiger charge is -2.31. The van der Waals surface area contributed by atoms with Crippen LogP contribution < -0.4 is 16.5 Å². The third kappa shape index (κ3) is 2.64. The summed E-state index contributed by atoms with van der Waals surface area (Å²) in [5, 5.41) is 13.4. The molecule has 3 aromatic rings. The van der Waals surface area contributed by atoms with Crippen molar-refractivity contribution in [2.45, 2.75) is 51.7 Å². The molecule has 0 saturated carbocycles. The van der Waals surface area contributed by atoms with Gasteiger partial charge in [0.15, 0.2) is 5.60 Å². The Labute approximate surface area is 180 Å². The molecular weight excluding hydrogens is 410 g/mol. The number of esters is 1. The Hall–Kier alpha value is -2.97. The summed E-state index contributed by atoms with van der Waals surface area (Å²) in [7, 11) is -1.83. The number of carbonyl (C=O) groups is 1. The zero-order valence-electron chi connectivity index (χ0n) is 18.1. The molecule has 2 aliphatic rings. The van der Waals surface area contributed by atoms with Gasteiger partial charge in [0.2, 0.25) is 0 Å². The van der Waals surface area contributed by atoms with Gasteiger partial charge in [0, 0.05) is 11.3 Å². The van der Waals surface area contributed by atoms with Crippen LogP contribution in [0.3, 0.4) is 0 Å². The van der Waals surface area contributed by atoms with E-state index in [0.29, 0.717) is 29.1 Å². The zero-order chi connectivity index (χ0) is 22.3. The van der Waals surface area contributed by atoms with Crippen molar-refractivity contribution < 1.29 is 14.6 Å². The lowest BCUT2D eigenvalue weighted by molar-refractivity contribution is -0.172. The standard InChI is InChI=1S/C23H25N3O4Si/c1-5-23(29)16-9-18-19-14(10-26(18)21(27)15(16)11-30-22(23)28)20(31(2,3)4)13-7-6-12(24)8-17(13)25-19/h6-9,29H,5,10-11,24H2,1-4H3/t23-/m1/s1. The van der Waals surface area contributed by atoms with Gasteiger partial charge >= 0.3 is 5.97 Å². The molecule has 1 aromatic carbocycles. The highest BCUT2D eigenvalue weighted by Crippen LogP contribution is 2.38. The average molecular weight is 436 g/mol. The van der Waals surface area contributed by atoms with E-state index in [1.165, 1.54) is 5.19 Å². The van der Waals surface area contributed by atoms with Crippen molar-refractivity contribution in [1.82, 2.24) is 9.55 Å². The molecule has 2 aliphatic heterocycles. The minimum absolute atomic E-state index is 0.121. The van der Waals surface area contributed by atoms with Gasteiger partial charge in [-0.15, -0.1) is 0 Å². The third-order valence-corrected chi connectivity index (χ3v) is 8.53. The average Bonchev–Trinajstić information content (AvgIpc) is 3.06. The Balaban J connectivity index is 1.88. The zero-order valence-corrected chi connectivity index (χ0v) is 19.1. The number of hydrogen-bond acceptors (Lipinski definition) is 6. The second kappa shape index (κ2) is 6.27. The van der Waals surface area contributed by atoms with Gasteiger partial charge in [-0.1, -0.05) is 32.6 Å². The maximum absolute atomic E-state index is 13.4. The number of anilines is 1. The fraction of sp³-hybridized carbons (Fsp3) is 0.348. The molecule has 2 aromatic heterocycles. The predicted molar refractivity (Wildman–Crippen MR) is 122 cm³/mol. The minimum atomic E-state index is -1.83. The molecule has 160 valence electrons. The van der Waals surface area contributed by atoms with E-state index in [1.54, 1.807) is 17.6 Å². The number of fused-ring (bicyclic) bond motifs is 5. The third-order valence-electron chi connectivity index (χ3n) is 6.46. The molecule has 0 fully saturated rings. The summed E-state index contributed by atoms with van der Waals surface area (Å²) in [5.41, 5.74) is 8.47. The van der Waals surface area contributed by atoms with Crippen molar-refractivity contribution in [2.24, 2.45) is 0 Å². The molecule has 0 saturated heterocycles. The van der Waals surface area contributed by atoms with Gasteiger partial charge in [-0.3, -0.25) is 4.79 Å². The normalized spacial score (nSPS) is 19.7. The second-order valence-corrected chi connectivity index (χ2v) is 14.4. The Kier molecular flexibility index (Phi) is 4.04. The van der Waals surface area contributed by atoms with E-state index >= 15 is 0 Å². The van der Waals surface area contributed by atoms with Crippen molar-refractivity contribution in [1.29, 1.82) is 0 Å². The van der Waals surface area contributed by atoms with Crippen LogP contribution >= 0.6 is 0 Å². The van der Waals surface area contributed by atoms with Crippen LogP contribution in [0.1, 0.15) is 30.0 Å². The first kappa shape index (κ1) is 20.0. The van der Waals surface area contributed by atoms with E-state index in [1.807, 2.05) is 18.2 Å². The maximum atomic E-state index is 13.4. The van der Waals surface area contributed by atoms with Gasteiger partial charge in [-0.25, -0.2) is 9.78 Å². The first-order chi connectivity index (χ1) is 14.6. The number of ether oxygens (including phenoxy) is 1. The number of nitrogen functional groups attached to an aromatic ring is 1. The van der Waals surface area contributed by atoms with Crippen molar-refractivity contribution in [3.8, 4) is 11.4 Å². The van der Waals surface area contributed by atoms with Crippen LogP contribution in [-0.4, -0.2) is 28.7 Å². The Morgan fingerprint density at radius 1 is 1.23 bits per heavy atom. The highest BCUT2D eigenvalue weighted by molar-refractivity contribution is 6.90. The monoisotopic (exact) mass is 435 g/mol. The summed E-state index contributed by atoms with van der Waals surface area (Å²) in [6.07, 6.45) is 0.121. The number of hydrogen-bond donors (Lipinski definition) is 2. The molecule has 1 atom stereocenters. The van der Waals surface area contributed by atoms with Crippen LogP contribution in [-0.2, 0) is 28.3 Å². The van der Waals surface area contributed by atoms with Gasteiger partial charge < -0.3 is 20.1 Å². The molecule has 0 bridgehead atoms. The lowest BCUT2D eigenvalue weighted by atomic mass is 9.86. The molecule has 4 heterocycles.